The van der Waals surface area contributed by atoms with Crippen LogP contribution in [0, 0.1) is 0 Å². The Labute approximate surface area is 124 Å². The van der Waals surface area contributed by atoms with Crippen molar-refractivity contribution in [2.75, 3.05) is 13.2 Å². The smallest absolute Gasteiger partial charge is 0.330 e. The zero-order valence-electron chi connectivity index (χ0n) is 12.2. The third-order valence-corrected chi connectivity index (χ3v) is 3.19. The predicted molar refractivity (Wildman–Crippen MR) is 79.9 cm³/mol. The van der Waals surface area contributed by atoms with Crippen LogP contribution in [0.1, 0.15) is 30.9 Å². The maximum atomic E-state index is 11.7. The monoisotopic (exact) mass is 288 g/mol. The molecule has 0 radical (unpaired) electrons. The summed E-state index contributed by atoms with van der Waals surface area (Å²) in [6.07, 6.45) is 4.63. The number of carbonyl (C=O) groups excluding carboxylic acids is 2. The highest BCUT2D eigenvalue weighted by atomic mass is 16.5. The van der Waals surface area contributed by atoms with E-state index in [1.54, 1.807) is 18.0 Å². The number of hydrogen-bond acceptors (Lipinski definition) is 4. The van der Waals surface area contributed by atoms with E-state index in [1.165, 1.54) is 6.08 Å². The van der Waals surface area contributed by atoms with Crippen molar-refractivity contribution >= 4 is 18.0 Å². The van der Waals surface area contributed by atoms with Crippen LogP contribution in [0.4, 0.5) is 0 Å². The number of benzene rings is 1. The van der Waals surface area contributed by atoms with Crippen molar-refractivity contribution in [2.24, 2.45) is 0 Å². The number of nitrogens with one attached hydrogen (secondary N) is 1. The SMILES string of the molecule is CCOC(=O)C=Cc1ccc(CN2NCCCC2=O)cc1. The molecule has 0 saturated carbocycles. The van der Waals surface area contributed by atoms with Crippen LogP contribution >= 0.6 is 0 Å². The van der Waals surface area contributed by atoms with E-state index in [9.17, 15) is 9.59 Å². The molecule has 1 saturated heterocycles. The Kier molecular flexibility index (Phi) is 5.51. The number of hydrogen-bond donors (Lipinski definition) is 1. The fourth-order valence-corrected chi connectivity index (χ4v) is 2.09. The van der Waals surface area contributed by atoms with Gasteiger partial charge in [0.15, 0.2) is 0 Å². The van der Waals surface area contributed by atoms with Gasteiger partial charge < -0.3 is 4.74 Å². The summed E-state index contributed by atoms with van der Waals surface area (Å²) in [6, 6.07) is 7.74. The Morgan fingerprint density at radius 2 is 2.14 bits per heavy atom. The third-order valence-electron chi connectivity index (χ3n) is 3.19. The summed E-state index contributed by atoms with van der Waals surface area (Å²) in [5.41, 5.74) is 5.06. The lowest BCUT2D eigenvalue weighted by Crippen LogP contribution is -2.46. The van der Waals surface area contributed by atoms with Crippen molar-refractivity contribution in [1.29, 1.82) is 0 Å². The molecule has 1 N–H and O–H groups in total. The van der Waals surface area contributed by atoms with Crippen molar-refractivity contribution in [3.8, 4) is 0 Å². The molecule has 1 aromatic carbocycles. The Balaban J connectivity index is 1.92. The highest BCUT2D eigenvalue weighted by molar-refractivity contribution is 5.87. The molecule has 1 heterocycles. The molecule has 0 bridgehead atoms. The van der Waals surface area contributed by atoms with Gasteiger partial charge in [0.25, 0.3) is 0 Å². The lowest BCUT2D eigenvalue weighted by molar-refractivity contribution is -0.138. The molecule has 0 spiro atoms. The average molecular weight is 288 g/mol. The fraction of sp³-hybridized carbons (Fsp3) is 0.375. The van der Waals surface area contributed by atoms with Crippen LogP contribution in [0.25, 0.3) is 6.08 Å². The first kappa shape index (κ1) is 15.3. The van der Waals surface area contributed by atoms with Crippen LogP contribution in [-0.2, 0) is 20.9 Å². The van der Waals surface area contributed by atoms with Crippen LogP contribution in [0.15, 0.2) is 30.3 Å². The molecule has 0 unspecified atom stereocenters. The summed E-state index contributed by atoms with van der Waals surface area (Å²) in [4.78, 5) is 22.9. The summed E-state index contributed by atoms with van der Waals surface area (Å²) >= 11 is 0. The minimum Gasteiger partial charge on any atom is -0.463 e. The Morgan fingerprint density at radius 1 is 1.38 bits per heavy atom. The second kappa shape index (κ2) is 7.59. The molecule has 2 rings (SSSR count). The first-order chi connectivity index (χ1) is 10.2. The second-order valence-corrected chi connectivity index (χ2v) is 4.82. The van der Waals surface area contributed by atoms with Gasteiger partial charge in [-0.15, -0.1) is 0 Å². The van der Waals surface area contributed by atoms with Crippen LogP contribution < -0.4 is 5.43 Å². The van der Waals surface area contributed by atoms with Gasteiger partial charge in [0.05, 0.1) is 13.2 Å². The Morgan fingerprint density at radius 3 is 2.81 bits per heavy atom. The van der Waals surface area contributed by atoms with Crippen molar-refractivity contribution in [2.45, 2.75) is 26.3 Å². The first-order valence-electron chi connectivity index (χ1n) is 7.16. The number of rotatable bonds is 5. The number of nitrogens with zero attached hydrogens (tertiary/aromatic N) is 1. The Bertz CT molecular complexity index is 523. The van der Waals surface area contributed by atoms with Gasteiger partial charge in [-0.2, -0.15) is 0 Å². The normalized spacial score (nSPS) is 15.5. The Hall–Kier alpha value is -2.14. The van der Waals surface area contributed by atoms with Crippen LogP contribution in [0.5, 0.6) is 0 Å². The van der Waals surface area contributed by atoms with Gasteiger partial charge >= 0.3 is 5.97 Å². The fourth-order valence-electron chi connectivity index (χ4n) is 2.09. The molecule has 0 atom stereocenters. The van der Waals surface area contributed by atoms with Crippen molar-refractivity contribution in [3.05, 3.63) is 41.5 Å². The summed E-state index contributed by atoms with van der Waals surface area (Å²) in [5.74, 6) is -0.211. The van der Waals surface area contributed by atoms with E-state index < -0.39 is 0 Å². The molecule has 1 fully saturated rings. The summed E-state index contributed by atoms with van der Waals surface area (Å²) in [6.45, 7) is 3.54. The molecule has 21 heavy (non-hydrogen) atoms. The van der Waals surface area contributed by atoms with Gasteiger partial charge in [-0.1, -0.05) is 24.3 Å². The maximum absolute atomic E-state index is 11.7. The molecular formula is C16H20N2O3. The summed E-state index contributed by atoms with van der Waals surface area (Å²) in [5, 5.41) is 1.66. The summed E-state index contributed by atoms with van der Waals surface area (Å²) < 4.78 is 4.82. The van der Waals surface area contributed by atoms with E-state index >= 15 is 0 Å². The maximum Gasteiger partial charge on any atom is 0.330 e. The van der Waals surface area contributed by atoms with E-state index in [0.717, 1.165) is 24.1 Å². The van der Waals surface area contributed by atoms with E-state index in [2.05, 4.69) is 5.43 Å². The van der Waals surface area contributed by atoms with Gasteiger partial charge in [0, 0.05) is 19.0 Å². The average Bonchev–Trinajstić information content (AvgIpc) is 2.49. The summed E-state index contributed by atoms with van der Waals surface area (Å²) in [7, 11) is 0. The van der Waals surface area contributed by atoms with Gasteiger partial charge in [0.1, 0.15) is 0 Å². The highest BCUT2D eigenvalue weighted by Crippen LogP contribution is 2.11. The molecule has 1 aliphatic heterocycles. The molecule has 5 nitrogen and oxygen atoms in total. The van der Waals surface area contributed by atoms with E-state index in [4.69, 9.17) is 4.74 Å². The highest BCUT2D eigenvalue weighted by Gasteiger charge is 2.17. The molecule has 112 valence electrons. The minimum absolute atomic E-state index is 0.132. The minimum atomic E-state index is -0.343. The molecule has 0 aliphatic carbocycles. The van der Waals surface area contributed by atoms with Crippen LogP contribution in [-0.4, -0.2) is 30.0 Å². The number of esters is 1. The second-order valence-electron chi connectivity index (χ2n) is 4.82. The number of ether oxygens (including phenoxy) is 1. The molecule has 5 heteroatoms. The van der Waals surface area contributed by atoms with E-state index in [0.29, 0.717) is 19.6 Å². The van der Waals surface area contributed by atoms with Gasteiger partial charge in [0.2, 0.25) is 5.91 Å². The first-order valence-corrected chi connectivity index (χ1v) is 7.16. The van der Waals surface area contributed by atoms with Crippen molar-refractivity contribution < 1.29 is 14.3 Å². The quantitative estimate of drug-likeness (QED) is 0.664. The topological polar surface area (TPSA) is 58.6 Å². The third kappa shape index (κ3) is 4.72. The van der Waals surface area contributed by atoms with Crippen LogP contribution in [0.3, 0.4) is 0 Å². The number of hydrazine groups is 1. The van der Waals surface area contributed by atoms with E-state index in [-0.39, 0.29) is 11.9 Å². The van der Waals surface area contributed by atoms with Gasteiger partial charge in [-0.3, -0.25) is 9.80 Å². The standard InChI is InChI=1S/C16H20N2O3/c1-2-21-16(20)10-9-13-5-7-14(8-6-13)12-18-15(19)4-3-11-17-18/h5-10,17H,2-4,11-12H2,1H3. The zero-order chi connectivity index (χ0) is 15.1. The molecule has 1 aromatic rings. The van der Waals surface area contributed by atoms with Gasteiger partial charge in [-0.25, -0.2) is 10.2 Å². The molecule has 1 amide bonds. The van der Waals surface area contributed by atoms with E-state index in [1.807, 2.05) is 24.3 Å². The molecule has 0 aromatic heterocycles. The lowest BCUT2D eigenvalue weighted by Gasteiger charge is -2.27. The largest absolute Gasteiger partial charge is 0.463 e. The molecule has 1 aliphatic rings. The number of amides is 1. The van der Waals surface area contributed by atoms with Crippen molar-refractivity contribution in [3.63, 3.8) is 0 Å². The molecular weight excluding hydrogens is 268 g/mol. The van der Waals surface area contributed by atoms with Crippen LogP contribution in [0.2, 0.25) is 0 Å². The zero-order valence-corrected chi connectivity index (χ0v) is 12.2. The lowest BCUT2D eigenvalue weighted by atomic mass is 10.1. The predicted octanol–water partition coefficient (Wildman–Crippen LogP) is 1.89. The van der Waals surface area contributed by atoms with Gasteiger partial charge in [-0.05, 0) is 30.5 Å². The number of carbonyl (C=O) groups is 2. The van der Waals surface area contributed by atoms with Crippen molar-refractivity contribution in [1.82, 2.24) is 10.4 Å².